The summed E-state index contributed by atoms with van der Waals surface area (Å²) in [6.45, 7) is 0. The van der Waals surface area contributed by atoms with E-state index in [4.69, 9.17) is 0 Å². The molecule has 0 atom stereocenters. The van der Waals surface area contributed by atoms with Gasteiger partial charge in [0.25, 0.3) is 5.56 Å². The molecule has 0 bridgehead atoms. The summed E-state index contributed by atoms with van der Waals surface area (Å²) in [5.74, 6) is 0. The molecule has 20 heavy (non-hydrogen) atoms. The maximum atomic E-state index is 12.8. The molecule has 0 aliphatic heterocycles. The molecular weight excluding hydrogens is 248 g/mol. The smallest absolute Gasteiger partial charge is 0.265 e. The zero-order valence-electron chi connectivity index (χ0n) is 11.6. The largest absolute Gasteiger partial charge is 0.377 e. The first-order valence-corrected chi connectivity index (χ1v) is 6.55. The lowest BCUT2D eigenvalue weighted by Crippen LogP contribution is -2.21. The van der Waals surface area contributed by atoms with Gasteiger partial charge in [-0.05, 0) is 23.8 Å². The summed E-state index contributed by atoms with van der Waals surface area (Å²) >= 11 is 0. The minimum absolute atomic E-state index is 0.0120. The molecule has 3 aromatic rings. The third-order valence-corrected chi connectivity index (χ3v) is 3.41. The Balaban J connectivity index is 2.43. The summed E-state index contributed by atoms with van der Waals surface area (Å²) < 4.78 is 1.69. The van der Waals surface area contributed by atoms with Crippen LogP contribution in [0.3, 0.4) is 0 Å². The van der Waals surface area contributed by atoms with Crippen molar-refractivity contribution in [2.45, 2.75) is 0 Å². The van der Waals surface area contributed by atoms with Gasteiger partial charge >= 0.3 is 0 Å². The van der Waals surface area contributed by atoms with Crippen molar-refractivity contribution in [3.8, 4) is 11.1 Å². The molecule has 0 saturated heterocycles. The van der Waals surface area contributed by atoms with Crippen LogP contribution in [0, 0.1) is 0 Å². The van der Waals surface area contributed by atoms with Gasteiger partial charge in [-0.1, -0.05) is 36.4 Å². The van der Waals surface area contributed by atoms with Gasteiger partial charge in [-0.3, -0.25) is 9.20 Å². The SMILES string of the molecule is CN(C)c1cc2ccccn2c(=O)c1-c1ccccc1. The predicted molar refractivity (Wildman–Crippen MR) is 83.4 cm³/mol. The Morgan fingerprint density at radius 3 is 2.35 bits per heavy atom. The first-order valence-electron chi connectivity index (χ1n) is 6.55. The minimum Gasteiger partial charge on any atom is -0.377 e. The lowest BCUT2D eigenvalue weighted by atomic mass is 10.0. The molecule has 1 aromatic carbocycles. The van der Waals surface area contributed by atoms with Crippen LogP contribution < -0.4 is 10.5 Å². The number of hydrogen-bond donors (Lipinski definition) is 0. The molecule has 0 N–H and O–H groups in total. The van der Waals surface area contributed by atoms with Gasteiger partial charge in [-0.15, -0.1) is 0 Å². The third-order valence-electron chi connectivity index (χ3n) is 3.41. The highest BCUT2D eigenvalue weighted by molar-refractivity contribution is 5.80. The standard InChI is InChI=1S/C17H16N2O/c1-18(2)15-12-14-10-6-7-11-19(14)17(20)16(15)13-8-4-3-5-9-13/h3-12H,1-2H3. The maximum Gasteiger partial charge on any atom is 0.265 e. The Hall–Kier alpha value is -2.55. The Morgan fingerprint density at radius 1 is 0.950 bits per heavy atom. The average Bonchev–Trinajstić information content (AvgIpc) is 2.48. The fourth-order valence-corrected chi connectivity index (χ4v) is 2.43. The van der Waals surface area contributed by atoms with Crippen LogP contribution in [0.1, 0.15) is 0 Å². The van der Waals surface area contributed by atoms with E-state index in [0.717, 1.165) is 22.3 Å². The number of nitrogens with zero attached hydrogens (tertiary/aromatic N) is 2. The predicted octanol–water partition coefficient (Wildman–Crippen LogP) is 3.03. The van der Waals surface area contributed by atoms with Gasteiger partial charge in [0, 0.05) is 20.3 Å². The molecule has 0 radical (unpaired) electrons. The van der Waals surface area contributed by atoms with Crippen LogP contribution in [0.5, 0.6) is 0 Å². The van der Waals surface area contributed by atoms with Crippen LogP contribution in [-0.2, 0) is 0 Å². The van der Waals surface area contributed by atoms with E-state index in [1.54, 1.807) is 4.40 Å². The molecular formula is C17H16N2O. The molecule has 0 unspecified atom stereocenters. The average molecular weight is 264 g/mol. The summed E-state index contributed by atoms with van der Waals surface area (Å²) in [6, 6.07) is 17.6. The number of anilines is 1. The van der Waals surface area contributed by atoms with E-state index in [1.807, 2.05) is 79.8 Å². The van der Waals surface area contributed by atoms with E-state index in [1.165, 1.54) is 0 Å². The van der Waals surface area contributed by atoms with Crippen LogP contribution in [0.4, 0.5) is 5.69 Å². The summed E-state index contributed by atoms with van der Waals surface area (Å²) in [5.41, 5.74) is 3.53. The summed E-state index contributed by atoms with van der Waals surface area (Å²) in [4.78, 5) is 14.8. The molecule has 0 aliphatic carbocycles. The van der Waals surface area contributed by atoms with Crippen molar-refractivity contribution >= 4 is 11.2 Å². The summed E-state index contributed by atoms with van der Waals surface area (Å²) in [6.07, 6.45) is 1.81. The molecule has 0 spiro atoms. The van der Waals surface area contributed by atoms with Crippen molar-refractivity contribution in [1.82, 2.24) is 4.40 Å². The Bertz CT molecular complexity index is 804. The van der Waals surface area contributed by atoms with E-state index in [0.29, 0.717) is 0 Å². The molecule has 2 heterocycles. The third kappa shape index (κ3) is 1.97. The molecule has 0 amide bonds. The number of hydrogen-bond acceptors (Lipinski definition) is 2. The van der Waals surface area contributed by atoms with Crippen LogP contribution in [0.25, 0.3) is 16.6 Å². The van der Waals surface area contributed by atoms with Crippen LogP contribution in [-0.4, -0.2) is 18.5 Å². The molecule has 0 aliphatic rings. The zero-order valence-corrected chi connectivity index (χ0v) is 11.6. The lowest BCUT2D eigenvalue weighted by molar-refractivity contribution is 1.07. The van der Waals surface area contributed by atoms with Gasteiger partial charge in [0.2, 0.25) is 0 Å². The molecule has 0 saturated carbocycles. The van der Waals surface area contributed by atoms with E-state index in [9.17, 15) is 4.79 Å². The molecule has 0 fully saturated rings. The monoisotopic (exact) mass is 264 g/mol. The van der Waals surface area contributed by atoms with E-state index < -0.39 is 0 Å². The molecule has 3 nitrogen and oxygen atoms in total. The highest BCUT2D eigenvalue weighted by Crippen LogP contribution is 2.27. The fourth-order valence-electron chi connectivity index (χ4n) is 2.43. The number of aromatic nitrogens is 1. The van der Waals surface area contributed by atoms with Crippen molar-refractivity contribution in [1.29, 1.82) is 0 Å². The lowest BCUT2D eigenvalue weighted by Gasteiger charge is -2.18. The van der Waals surface area contributed by atoms with Crippen molar-refractivity contribution in [3.05, 3.63) is 71.1 Å². The second kappa shape index (κ2) is 4.85. The number of rotatable bonds is 2. The quantitative estimate of drug-likeness (QED) is 0.710. The normalized spacial score (nSPS) is 10.7. The van der Waals surface area contributed by atoms with Crippen molar-refractivity contribution < 1.29 is 0 Å². The van der Waals surface area contributed by atoms with E-state index >= 15 is 0 Å². The Labute approximate surface area is 117 Å². The molecule has 3 heteroatoms. The highest BCUT2D eigenvalue weighted by atomic mass is 16.1. The zero-order chi connectivity index (χ0) is 14.1. The van der Waals surface area contributed by atoms with Gasteiger partial charge in [-0.25, -0.2) is 0 Å². The fraction of sp³-hybridized carbons (Fsp3) is 0.118. The maximum absolute atomic E-state index is 12.8. The first-order chi connectivity index (χ1) is 9.68. The topological polar surface area (TPSA) is 24.7 Å². The van der Waals surface area contributed by atoms with E-state index in [-0.39, 0.29) is 5.56 Å². The second-order valence-corrected chi connectivity index (χ2v) is 4.97. The van der Waals surface area contributed by atoms with Crippen molar-refractivity contribution in [3.63, 3.8) is 0 Å². The van der Waals surface area contributed by atoms with E-state index in [2.05, 4.69) is 0 Å². The summed E-state index contributed by atoms with van der Waals surface area (Å²) in [7, 11) is 3.92. The molecule has 3 rings (SSSR count). The first kappa shape index (κ1) is 12.5. The van der Waals surface area contributed by atoms with Gasteiger partial charge in [0.15, 0.2) is 0 Å². The molecule has 100 valence electrons. The second-order valence-electron chi connectivity index (χ2n) is 4.97. The van der Waals surface area contributed by atoms with Gasteiger partial charge < -0.3 is 4.90 Å². The van der Waals surface area contributed by atoms with Crippen molar-refractivity contribution in [2.24, 2.45) is 0 Å². The van der Waals surface area contributed by atoms with Crippen LogP contribution in [0.15, 0.2) is 65.6 Å². The van der Waals surface area contributed by atoms with Gasteiger partial charge in [0.1, 0.15) is 0 Å². The van der Waals surface area contributed by atoms with Crippen molar-refractivity contribution in [2.75, 3.05) is 19.0 Å². The highest BCUT2D eigenvalue weighted by Gasteiger charge is 2.13. The summed E-state index contributed by atoms with van der Waals surface area (Å²) in [5, 5.41) is 0. The number of benzene rings is 1. The Morgan fingerprint density at radius 2 is 1.65 bits per heavy atom. The number of pyridine rings is 2. The van der Waals surface area contributed by atoms with Gasteiger partial charge in [0.05, 0.1) is 16.8 Å². The van der Waals surface area contributed by atoms with Crippen LogP contribution >= 0.6 is 0 Å². The number of fused-ring (bicyclic) bond motifs is 1. The molecule has 2 aromatic heterocycles. The van der Waals surface area contributed by atoms with Gasteiger partial charge in [-0.2, -0.15) is 0 Å². The minimum atomic E-state index is 0.0120. The van der Waals surface area contributed by atoms with Crippen LogP contribution in [0.2, 0.25) is 0 Å². The Kier molecular flexibility index (Phi) is 3.03.